The van der Waals surface area contributed by atoms with Crippen LogP contribution in [0.5, 0.6) is 0 Å². The highest BCUT2D eigenvalue weighted by Gasteiger charge is 2.33. The zero-order chi connectivity index (χ0) is 20.2. The van der Waals surface area contributed by atoms with Gasteiger partial charge in [-0.15, -0.1) is 0 Å². The molecular weight excluding hydrogens is 383 g/mol. The highest BCUT2D eigenvalue weighted by Crippen LogP contribution is 2.29. The number of benzene rings is 1. The van der Waals surface area contributed by atoms with Crippen LogP contribution in [0.1, 0.15) is 25.0 Å². The molecule has 1 aliphatic rings. The molecule has 152 valence electrons. The molecule has 1 fully saturated rings. The van der Waals surface area contributed by atoms with Crippen LogP contribution >= 0.6 is 0 Å². The number of halogens is 3. The van der Waals surface area contributed by atoms with Crippen molar-refractivity contribution >= 4 is 16.1 Å². The molecule has 0 bridgehead atoms. The zero-order valence-corrected chi connectivity index (χ0v) is 16.2. The number of amides is 1. The van der Waals surface area contributed by atoms with Gasteiger partial charge in [-0.3, -0.25) is 4.79 Å². The van der Waals surface area contributed by atoms with Crippen molar-refractivity contribution in [3.8, 4) is 0 Å². The second-order valence-electron chi connectivity index (χ2n) is 6.25. The van der Waals surface area contributed by atoms with Crippen LogP contribution in [0.25, 0.3) is 0 Å². The van der Waals surface area contributed by atoms with Gasteiger partial charge in [-0.1, -0.05) is 32.0 Å². The monoisotopic (exact) mass is 407 g/mol. The van der Waals surface area contributed by atoms with Gasteiger partial charge < -0.3 is 4.90 Å². The number of hydrogen-bond donors (Lipinski definition) is 0. The number of piperazine rings is 1. The maximum absolute atomic E-state index is 12.8. The Kier molecular flexibility index (Phi) is 6.87. The number of nitrogens with zero attached hydrogens (tertiary/aromatic N) is 3. The third-order valence-corrected chi connectivity index (χ3v) is 6.75. The van der Waals surface area contributed by atoms with E-state index >= 15 is 0 Å². The molecular formula is C17H24F3N3O3S. The van der Waals surface area contributed by atoms with E-state index in [0.717, 1.165) is 12.1 Å². The molecule has 0 spiro atoms. The number of rotatable bonds is 6. The van der Waals surface area contributed by atoms with Crippen LogP contribution in [0.3, 0.4) is 0 Å². The van der Waals surface area contributed by atoms with Crippen molar-refractivity contribution in [2.75, 3.05) is 39.3 Å². The molecule has 0 aromatic heterocycles. The van der Waals surface area contributed by atoms with Gasteiger partial charge in [0.15, 0.2) is 0 Å². The number of carbonyl (C=O) groups excluding carboxylic acids is 1. The summed E-state index contributed by atoms with van der Waals surface area (Å²) >= 11 is 0. The van der Waals surface area contributed by atoms with Crippen molar-refractivity contribution in [1.82, 2.24) is 13.5 Å². The molecule has 6 nitrogen and oxygen atoms in total. The summed E-state index contributed by atoms with van der Waals surface area (Å²) in [6, 6.07) is 4.69. The van der Waals surface area contributed by atoms with Crippen LogP contribution in [0.4, 0.5) is 13.2 Å². The molecule has 0 saturated carbocycles. The first kappa shape index (κ1) is 21.6. The topological polar surface area (TPSA) is 60.9 Å². The highest BCUT2D eigenvalue weighted by atomic mass is 32.2. The van der Waals surface area contributed by atoms with Crippen LogP contribution in [0, 0.1) is 0 Å². The predicted molar refractivity (Wildman–Crippen MR) is 95.1 cm³/mol. The summed E-state index contributed by atoms with van der Waals surface area (Å²) < 4.78 is 66.0. The Bertz CT molecular complexity index is 756. The summed E-state index contributed by atoms with van der Waals surface area (Å²) in [7, 11) is -3.55. The first-order chi connectivity index (χ1) is 12.6. The largest absolute Gasteiger partial charge is 0.416 e. The minimum Gasteiger partial charge on any atom is -0.340 e. The van der Waals surface area contributed by atoms with Crippen LogP contribution in [-0.4, -0.2) is 67.1 Å². The van der Waals surface area contributed by atoms with Gasteiger partial charge in [-0.05, 0) is 11.6 Å². The van der Waals surface area contributed by atoms with E-state index in [9.17, 15) is 26.4 Å². The lowest BCUT2D eigenvalue weighted by atomic mass is 10.1. The highest BCUT2D eigenvalue weighted by molar-refractivity contribution is 7.86. The summed E-state index contributed by atoms with van der Waals surface area (Å²) in [6.45, 7) is 5.05. The Morgan fingerprint density at radius 3 is 2.22 bits per heavy atom. The van der Waals surface area contributed by atoms with Crippen molar-refractivity contribution in [2.45, 2.75) is 26.4 Å². The fourth-order valence-corrected chi connectivity index (χ4v) is 4.63. The van der Waals surface area contributed by atoms with Gasteiger partial charge in [0, 0.05) is 39.3 Å². The summed E-state index contributed by atoms with van der Waals surface area (Å²) in [5.41, 5.74) is -0.504. The van der Waals surface area contributed by atoms with E-state index < -0.39 is 21.9 Å². The Labute approximate surface area is 157 Å². The van der Waals surface area contributed by atoms with Crippen LogP contribution in [0.2, 0.25) is 0 Å². The summed E-state index contributed by atoms with van der Waals surface area (Å²) in [5.74, 6) is -0.311. The number of alkyl halides is 3. The Hall–Kier alpha value is -1.65. The molecule has 0 unspecified atom stereocenters. The van der Waals surface area contributed by atoms with Crippen molar-refractivity contribution in [3.63, 3.8) is 0 Å². The van der Waals surface area contributed by atoms with E-state index in [-0.39, 0.29) is 44.1 Å². The average molecular weight is 407 g/mol. The lowest BCUT2D eigenvalue weighted by Crippen LogP contribution is -2.54. The zero-order valence-electron chi connectivity index (χ0n) is 15.4. The third-order valence-electron chi connectivity index (χ3n) is 4.56. The normalized spacial score (nSPS) is 16.7. The molecule has 1 aromatic rings. The predicted octanol–water partition coefficient (Wildman–Crippen LogP) is 1.98. The van der Waals surface area contributed by atoms with Crippen LogP contribution in [0.15, 0.2) is 24.3 Å². The minimum atomic E-state index is -4.45. The molecule has 27 heavy (non-hydrogen) atoms. The van der Waals surface area contributed by atoms with E-state index in [1.807, 2.05) is 0 Å². The summed E-state index contributed by atoms with van der Waals surface area (Å²) in [4.78, 5) is 13.9. The second kappa shape index (κ2) is 8.57. The Morgan fingerprint density at radius 1 is 1.11 bits per heavy atom. The van der Waals surface area contributed by atoms with Crippen molar-refractivity contribution < 1.29 is 26.4 Å². The second-order valence-corrected chi connectivity index (χ2v) is 8.18. The van der Waals surface area contributed by atoms with E-state index in [1.54, 1.807) is 13.8 Å². The maximum Gasteiger partial charge on any atom is 0.416 e. The first-order valence-electron chi connectivity index (χ1n) is 8.78. The van der Waals surface area contributed by atoms with Gasteiger partial charge in [0.05, 0.1) is 12.0 Å². The molecule has 1 aromatic carbocycles. The van der Waals surface area contributed by atoms with Crippen molar-refractivity contribution in [3.05, 3.63) is 35.4 Å². The van der Waals surface area contributed by atoms with Gasteiger partial charge in [-0.25, -0.2) is 0 Å². The van der Waals surface area contributed by atoms with Gasteiger partial charge in [-0.2, -0.15) is 30.2 Å². The van der Waals surface area contributed by atoms with E-state index in [4.69, 9.17) is 0 Å². The fourth-order valence-electron chi connectivity index (χ4n) is 3.03. The minimum absolute atomic E-state index is 0.146. The molecule has 0 atom stereocenters. The molecule has 1 amide bonds. The standard InChI is InChI=1S/C17H24F3N3O3S/c1-3-22(4-2)27(25,26)23-10-8-21(9-11-23)16(24)13-14-6-5-7-15(12-14)17(18,19)20/h5-7,12H,3-4,8-11,13H2,1-2H3. The van der Waals surface area contributed by atoms with Crippen LogP contribution in [-0.2, 0) is 27.6 Å². The van der Waals surface area contributed by atoms with E-state index in [1.165, 1.54) is 25.6 Å². The number of carbonyl (C=O) groups is 1. The fraction of sp³-hybridized carbons (Fsp3) is 0.588. The third kappa shape index (κ3) is 5.20. The van der Waals surface area contributed by atoms with Crippen molar-refractivity contribution in [2.24, 2.45) is 0 Å². The number of hydrogen-bond acceptors (Lipinski definition) is 3. The van der Waals surface area contributed by atoms with Gasteiger partial charge in [0.25, 0.3) is 10.2 Å². The Balaban J connectivity index is 1.98. The molecule has 0 aliphatic carbocycles. The molecule has 1 saturated heterocycles. The van der Waals surface area contributed by atoms with Crippen LogP contribution < -0.4 is 0 Å². The maximum atomic E-state index is 12.8. The van der Waals surface area contributed by atoms with Gasteiger partial charge >= 0.3 is 6.18 Å². The first-order valence-corrected chi connectivity index (χ1v) is 10.2. The quantitative estimate of drug-likeness (QED) is 0.725. The van der Waals surface area contributed by atoms with E-state index in [2.05, 4.69) is 0 Å². The summed E-state index contributed by atoms with van der Waals surface area (Å²) in [5, 5.41) is 0. The molecule has 2 rings (SSSR count). The van der Waals surface area contributed by atoms with E-state index in [0.29, 0.717) is 13.1 Å². The van der Waals surface area contributed by atoms with Crippen molar-refractivity contribution in [1.29, 1.82) is 0 Å². The van der Waals surface area contributed by atoms with Gasteiger partial charge in [0.1, 0.15) is 0 Å². The average Bonchev–Trinajstić information content (AvgIpc) is 2.62. The lowest BCUT2D eigenvalue weighted by Gasteiger charge is -2.36. The van der Waals surface area contributed by atoms with Gasteiger partial charge in [0.2, 0.25) is 5.91 Å². The SMILES string of the molecule is CCN(CC)S(=O)(=O)N1CCN(C(=O)Cc2cccc(C(F)(F)F)c2)CC1. The molecule has 10 heteroatoms. The lowest BCUT2D eigenvalue weighted by molar-refractivity contribution is -0.138. The molecule has 1 aliphatic heterocycles. The molecule has 0 N–H and O–H groups in total. The summed E-state index contributed by atoms with van der Waals surface area (Å²) in [6.07, 6.45) is -4.60. The smallest absolute Gasteiger partial charge is 0.340 e. The molecule has 0 radical (unpaired) electrons. The Morgan fingerprint density at radius 2 is 1.70 bits per heavy atom. The molecule has 1 heterocycles.